The molecule has 0 amide bonds. The van der Waals surface area contributed by atoms with E-state index >= 15 is 0 Å². The summed E-state index contributed by atoms with van der Waals surface area (Å²) in [5.41, 5.74) is 1.97. The molecule has 0 saturated carbocycles. The second-order valence-corrected chi connectivity index (χ2v) is 5.32. The Hall–Kier alpha value is -1.10. The molecule has 0 radical (unpaired) electrons. The SMILES string of the molecule is CCC(C)CN(CC)c1ccc([N+](=O)[O-])c(CBr)c1. The zero-order valence-corrected chi connectivity index (χ0v) is 13.3. The van der Waals surface area contributed by atoms with E-state index in [1.54, 1.807) is 6.07 Å². The Morgan fingerprint density at radius 3 is 2.58 bits per heavy atom. The molecule has 0 heterocycles. The second kappa shape index (κ2) is 7.48. The Bertz CT molecular complexity index is 437. The fraction of sp³-hybridized carbons (Fsp3) is 0.571. The van der Waals surface area contributed by atoms with Crippen LogP contribution in [0.15, 0.2) is 18.2 Å². The summed E-state index contributed by atoms with van der Waals surface area (Å²) in [6.07, 6.45) is 1.13. The maximum absolute atomic E-state index is 10.9. The summed E-state index contributed by atoms with van der Waals surface area (Å²) in [6.45, 7) is 8.39. The maximum atomic E-state index is 10.9. The van der Waals surface area contributed by atoms with E-state index < -0.39 is 0 Å². The van der Waals surface area contributed by atoms with Gasteiger partial charge in [0.1, 0.15) is 0 Å². The molecule has 4 nitrogen and oxygen atoms in total. The first-order valence-corrected chi connectivity index (χ1v) is 7.73. The van der Waals surface area contributed by atoms with Crippen LogP contribution in [0.4, 0.5) is 11.4 Å². The number of nitro groups is 1. The lowest BCUT2D eigenvalue weighted by Crippen LogP contribution is -2.28. The van der Waals surface area contributed by atoms with Crippen molar-refractivity contribution in [3.05, 3.63) is 33.9 Å². The molecule has 0 saturated heterocycles. The minimum atomic E-state index is -0.328. The van der Waals surface area contributed by atoms with Crippen LogP contribution in [-0.4, -0.2) is 18.0 Å². The standard InChI is InChI=1S/C14H21BrN2O2/c1-4-11(3)10-16(5-2)13-6-7-14(17(18)19)12(8-13)9-15/h6-8,11H,4-5,9-10H2,1-3H3. The Labute approximate surface area is 123 Å². The first kappa shape index (κ1) is 16.0. The monoisotopic (exact) mass is 328 g/mol. The van der Waals surface area contributed by atoms with Gasteiger partial charge in [-0.3, -0.25) is 10.1 Å². The molecule has 0 spiro atoms. The van der Waals surface area contributed by atoms with Crippen LogP contribution in [0.5, 0.6) is 0 Å². The number of nitrogens with zero attached hydrogens (tertiary/aromatic N) is 2. The quantitative estimate of drug-likeness (QED) is 0.424. The molecule has 1 aromatic rings. The van der Waals surface area contributed by atoms with Gasteiger partial charge in [-0.1, -0.05) is 36.2 Å². The van der Waals surface area contributed by atoms with Gasteiger partial charge in [0.25, 0.3) is 5.69 Å². The number of hydrogen-bond donors (Lipinski definition) is 0. The number of benzene rings is 1. The molecule has 0 fully saturated rings. The van der Waals surface area contributed by atoms with Gasteiger partial charge in [-0.2, -0.15) is 0 Å². The van der Waals surface area contributed by atoms with Crippen molar-refractivity contribution in [1.82, 2.24) is 0 Å². The van der Waals surface area contributed by atoms with E-state index in [1.165, 1.54) is 0 Å². The summed E-state index contributed by atoms with van der Waals surface area (Å²) in [4.78, 5) is 12.9. The van der Waals surface area contributed by atoms with Crippen LogP contribution in [0, 0.1) is 16.0 Å². The van der Waals surface area contributed by atoms with Crippen LogP contribution in [0.3, 0.4) is 0 Å². The molecular weight excluding hydrogens is 308 g/mol. The fourth-order valence-corrected chi connectivity index (χ4v) is 2.43. The molecule has 1 atom stereocenters. The highest BCUT2D eigenvalue weighted by Gasteiger charge is 2.16. The number of nitro benzene ring substituents is 1. The van der Waals surface area contributed by atoms with E-state index in [0.717, 1.165) is 30.8 Å². The molecule has 19 heavy (non-hydrogen) atoms. The van der Waals surface area contributed by atoms with Crippen LogP contribution in [0.2, 0.25) is 0 Å². The highest BCUT2D eigenvalue weighted by Crippen LogP contribution is 2.27. The molecule has 5 heteroatoms. The third-order valence-electron chi connectivity index (χ3n) is 3.38. The Morgan fingerprint density at radius 1 is 1.42 bits per heavy atom. The van der Waals surface area contributed by atoms with Crippen molar-refractivity contribution in [3.63, 3.8) is 0 Å². The minimum absolute atomic E-state index is 0.181. The summed E-state index contributed by atoms with van der Waals surface area (Å²) in [7, 11) is 0. The Balaban J connectivity index is 3.02. The average Bonchev–Trinajstić information content (AvgIpc) is 2.43. The molecule has 1 aromatic carbocycles. The lowest BCUT2D eigenvalue weighted by atomic mass is 10.1. The first-order valence-electron chi connectivity index (χ1n) is 6.61. The van der Waals surface area contributed by atoms with Gasteiger partial charge in [0.2, 0.25) is 0 Å². The van der Waals surface area contributed by atoms with Gasteiger partial charge in [-0.25, -0.2) is 0 Å². The summed E-state index contributed by atoms with van der Waals surface area (Å²) < 4.78 is 0. The molecule has 0 aliphatic rings. The zero-order chi connectivity index (χ0) is 14.4. The molecular formula is C14H21BrN2O2. The largest absolute Gasteiger partial charge is 0.372 e. The predicted octanol–water partition coefficient (Wildman–Crippen LogP) is 4.36. The lowest BCUT2D eigenvalue weighted by Gasteiger charge is -2.26. The minimum Gasteiger partial charge on any atom is -0.372 e. The Morgan fingerprint density at radius 2 is 2.11 bits per heavy atom. The van der Waals surface area contributed by atoms with Gasteiger partial charge >= 0.3 is 0 Å². The number of rotatable bonds is 7. The molecule has 0 aliphatic carbocycles. The van der Waals surface area contributed by atoms with Gasteiger partial charge in [0.15, 0.2) is 0 Å². The molecule has 0 bridgehead atoms. The van der Waals surface area contributed by atoms with Gasteiger partial charge in [0.05, 0.1) is 4.92 Å². The van der Waals surface area contributed by atoms with Crippen molar-refractivity contribution in [2.45, 2.75) is 32.5 Å². The van der Waals surface area contributed by atoms with Gasteiger partial charge in [0, 0.05) is 35.7 Å². The van der Waals surface area contributed by atoms with Gasteiger partial charge in [-0.15, -0.1) is 0 Å². The van der Waals surface area contributed by atoms with Crippen molar-refractivity contribution >= 4 is 27.3 Å². The zero-order valence-electron chi connectivity index (χ0n) is 11.7. The first-order chi connectivity index (χ1) is 9.03. The highest BCUT2D eigenvalue weighted by molar-refractivity contribution is 9.08. The van der Waals surface area contributed by atoms with E-state index in [-0.39, 0.29) is 10.6 Å². The molecule has 0 aliphatic heterocycles. The topological polar surface area (TPSA) is 46.4 Å². The third-order valence-corrected chi connectivity index (χ3v) is 3.98. The molecule has 106 valence electrons. The molecule has 1 rings (SSSR count). The van der Waals surface area contributed by atoms with Crippen molar-refractivity contribution in [2.24, 2.45) is 5.92 Å². The summed E-state index contributed by atoms with van der Waals surface area (Å²) in [6, 6.07) is 5.36. The van der Waals surface area contributed by atoms with Crippen molar-refractivity contribution in [2.75, 3.05) is 18.0 Å². The molecule has 0 N–H and O–H groups in total. The van der Waals surface area contributed by atoms with E-state index in [4.69, 9.17) is 0 Å². The second-order valence-electron chi connectivity index (χ2n) is 4.76. The van der Waals surface area contributed by atoms with Crippen LogP contribution in [-0.2, 0) is 5.33 Å². The number of hydrogen-bond acceptors (Lipinski definition) is 3. The van der Waals surface area contributed by atoms with Crippen LogP contribution in [0.1, 0.15) is 32.8 Å². The van der Waals surface area contributed by atoms with E-state index in [0.29, 0.717) is 11.2 Å². The van der Waals surface area contributed by atoms with E-state index in [9.17, 15) is 10.1 Å². The number of alkyl halides is 1. The summed E-state index contributed by atoms with van der Waals surface area (Å²) >= 11 is 3.32. The summed E-state index contributed by atoms with van der Waals surface area (Å²) in [5, 5.41) is 11.4. The normalized spacial score (nSPS) is 12.2. The highest BCUT2D eigenvalue weighted by atomic mass is 79.9. The lowest BCUT2D eigenvalue weighted by molar-refractivity contribution is -0.385. The van der Waals surface area contributed by atoms with E-state index in [2.05, 4.69) is 41.6 Å². The van der Waals surface area contributed by atoms with Gasteiger partial charge < -0.3 is 4.90 Å². The fourth-order valence-electron chi connectivity index (χ4n) is 1.98. The van der Waals surface area contributed by atoms with E-state index in [1.807, 2.05) is 12.1 Å². The Kier molecular flexibility index (Phi) is 6.28. The van der Waals surface area contributed by atoms with Crippen LogP contribution in [0.25, 0.3) is 0 Å². The number of anilines is 1. The van der Waals surface area contributed by atoms with Crippen molar-refractivity contribution in [3.8, 4) is 0 Å². The molecule has 1 unspecified atom stereocenters. The summed E-state index contributed by atoms with van der Waals surface area (Å²) in [5.74, 6) is 0.613. The van der Waals surface area contributed by atoms with Crippen LogP contribution < -0.4 is 4.90 Å². The smallest absolute Gasteiger partial charge is 0.273 e. The number of halogens is 1. The average molecular weight is 329 g/mol. The van der Waals surface area contributed by atoms with Gasteiger partial charge in [-0.05, 0) is 25.0 Å². The maximum Gasteiger partial charge on any atom is 0.273 e. The van der Waals surface area contributed by atoms with Crippen molar-refractivity contribution in [1.29, 1.82) is 0 Å². The predicted molar refractivity (Wildman–Crippen MR) is 83.1 cm³/mol. The van der Waals surface area contributed by atoms with Crippen LogP contribution >= 0.6 is 15.9 Å². The molecule has 0 aromatic heterocycles. The van der Waals surface area contributed by atoms with Crippen molar-refractivity contribution < 1.29 is 4.92 Å². The third kappa shape index (κ3) is 4.20.